The molecule has 0 fully saturated rings. The predicted molar refractivity (Wildman–Crippen MR) is 111 cm³/mol. The highest BCUT2D eigenvalue weighted by Gasteiger charge is 2.24. The Morgan fingerprint density at radius 1 is 1.21 bits per heavy atom. The minimum atomic E-state index is -0.609. The van der Waals surface area contributed by atoms with Crippen molar-refractivity contribution in [2.45, 2.75) is 39.7 Å². The summed E-state index contributed by atoms with van der Waals surface area (Å²) in [6, 6.07) is 1.65. The molecule has 2 aromatic rings. The maximum atomic E-state index is 13.4. The summed E-state index contributed by atoms with van der Waals surface area (Å²) in [6.45, 7) is 7.64. The van der Waals surface area contributed by atoms with Gasteiger partial charge in [0.1, 0.15) is 0 Å². The standard InChI is InChI=1S/C20H30N4O5/c1-6-7-24-17-16(18(25)22-20(24)27)14(12-15(21-17)13(2)3)19(26)23(8-10-28-4)9-11-29-5/h12-13H,6-11H2,1-5H3,(H,22,25,27). The van der Waals surface area contributed by atoms with E-state index in [9.17, 15) is 14.4 Å². The van der Waals surface area contributed by atoms with Gasteiger partial charge in [0.2, 0.25) is 0 Å². The van der Waals surface area contributed by atoms with Crippen LogP contribution in [-0.2, 0) is 16.0 Å². The van der Waals surface area contributed by atoms with Crippen LogP contribution in [0, 0.1) is 0 Å². The van der Waals surface area contributed by atoms with Gasteiger partial charge in [-0.25, -0.2) is 9.78 Å². The van der Waals surface area contributed by atoms with E-state index >= 15 is 0 Å². The van der Waals surface area contributed by atoms with E-state index in [-0.39, 0.29) is 28.4 Å². The number of pyridine rings is 1. The van der Waals surface area contributed by atoms with Crippen molar-refractivity contribution in [2.75, 3.05) is 40.5 Å². The molecule has 0 spiro atoms. The van der Waals surface area contributed by atoms with Gasteiger partial charge >= 0.3 is 5.69 Å². The second-order valence-electron chi connectivity index (χ2n) is 7.14. The Kier molecular flexibility index (Phi) is 8.10. The van der Waals surface area contributed by atoms with E-state index in [4.69, 9.17) is 9.47 Å². The smallest absolute Gasteiger partial charge is 0.329 e. The lowest BCUT2D eigenvalue weighted by Crippen LogP contribution is -2.38. The van der Waals surface area contributed by atoms with Crippen molar-refractivity contribution < 1.29 is 14.3 Å². The molecule has 0 atom stereocenters. The Balaban J connectivity index is 2.75. The summed E-state index contributed by atoms with van der Waals surface area (Å²) >= 11 is 0. The van der Waals surface area contributed by atoms with E-state index in [0.29, 0.717) is 45.0 Å². The Morgan fingerprint density at radius 3 is 2.34 bits per heavy atom. The van der Waals surface area contributed by atoms with Crippen LogP contribution in [-0.4, -0.2) is 65.9 Å². The zero-order valence-corrected chi connectivity index (χ0v) is 17.8. The molecule has 2 rings (SSSR count). The van der Waals surface area contributed by atoms with Crippen LogP contribution in [0.15, 0.2) is 15.7 Å². The Morgan fingerprint density at radius 2 is 1.83 bits per heavy atom. The molecular formula is C20H30N4O5. The Hall–Kier alpha value is -2.52. The molecule has 9 nitrogen and oxygen atoms in total. The molecule has 0 aliphatic rings. The van der Waals surface area contributed by atoms with Gasteiger partial charge in [-0.15, -0.1) is 0 Å². The van der Waals surface area contributed by atoms with Gasteiger partial charge < -0.3 is 14.4 Å². The number of aromatic nitrogens is 3. The molecule has 1 N–H and O–H groups in total. The van der Waals surface area contributed by atoms with Gasteiger partial charge in [-0.2, -0.15) is 0 Å². The SMILES string of the molecule is CCCn1c(=O)[nH]c(=O)c2c(C(=O)N(CCOC)CCOC)cc(C(C)C)nc21. The molecule has 0 bridgehead atoms. The first-order valence-electron chi connectivity index (χ1n) is 9.80. The number of hydrogen-bond acceptors (Lipinski definition) is 6. The third-order valence-corrected chi connectivity index (χ3v) is 4.66. The van der Waals surface area contributed by atoms with Crippen molar-refractivity contribution in [2.24, 2.45) is 0 Å². The van der Waals surface area contributed by atoms with Crippen molar-refractivity contribution in [3.63, 3.8) is 0 Å². The van der Waals surface area contributed by atoms with Crippen LogP contribution in [0.2, 0.25) is 0 Å². The first kappa shape index (κ1) is 22.8. The Bertz CT molecular complexity index is 956. The molecule has 9 heteroatoms. The van der Waals surface area contributed by atoms with E-state index < -0.39 is 11.2 Å². The number of aryl methyl sites for hydroxylation is 1. The zero-order chi connectivity index (χ0) is 21.6. The maximum absolute atomic E-state index is 13.4. The molecule has 0 aromatic carbocycles. The normalized spacial score (nSPS) is 11.4. The van der Waals surface area contributed by atoms with Crippen molar-refractivity contribution in [1.82, 2.24) is 19.4 Å². The van der Waals surface area contributed by atoms with E-state index in [1.54, 1.807) is 25.2 Å². The summed E-state index contributed by atoms with van der Waals surface area (Å²) in [4.78, 5) is 46.9. The quantitative estimate of drug-likeness (QED) is 0.638. The van der Waals surface area contributed by atoms with Crippen molar-refractivity contribution in [3.8, 4) is 0 Å². The summed E-state index contributed by atoms with van der Waals surface area (Å²) in [7, 11) is 3.12. The molecule has 0 aliphatic heterocycles. The fourth-order valence-electron chi connectivity index (χ4n) is 3.08. The number of hydrogen-bond donors (Lipinski definition) is 1. The van der Waals surface area contributed by atoms with Crippen LogP contribution in [0.5, 0.6) is 0 Å². The second kappa shape index (κ2) is 10.3. The van der Waals surface area contributed by atoms with Crippen LogP contribution in [0.4, 0.5) is 0 Å². The molecular weight excluding hydrogens is 376 g/mol. The number of fused-ring (bicyclic) bond motifs is 1. The third-order valence-electron chi connectivity index (χ3n) is 4.66. The van der Waals surface area contributed by atoms with Crippen molar-refractivity contribution >= 4 is 16.9 Å². The molecule has 1 amide bonds. The van der Waals surface area contributed by atoms with Gasteiger partial charge in [-0.1, -0.05) is 20.8 Å². The lowest BCUT2D eigenvalue weighted by atomic mass is 10.0. The molecule has 0 aliphatic carbocycles. The third kappa shape index (κ3) is 5.10. The minimum absolute atomic E-state index is 0.0156. The monoisotopic (exact) mass is 406 g/mol. The highest BCUT2D eigenvalue weighted by Crippen LogP contribution is 2.21. The average molecular weight is 406 g/mol. The topological polar surface area (TPSA) is 107 Å². The molecule has 0 saturated heterocycles. The van der Waals surface area contributed by atoms with E-state index in [0.717, 1.165) is 0 Å². The van der Waals surface area contributed by atoms with Crippen LogP contribution >= 0.6 is 0 Å². The number of ether oxygens (including phenoxy) is 2. The number of nitrogens with one attached hydrogen (secondary N) is 1. The van der Waals surface area contributed by atoms with Crippen LogP contribution < -0.4 is 11.2 Å². The molecule has 2 aromatic heterocycles. The number of methoxy groups -OCH3 is 2. The van der Waals surface area contributed by atoms with Gasteiger partial charge in [-0.05, 0) is 18.4 Å². The largest absolute Gasteiger partial charge is 0.383 e. The minimum Gasteiger partial charge on any atom is -0.383 e. The number of aromatic amines is 1. The van der Waals surface area contributed by atoms with Gasteiger partial charge in [0, 0.05) is 39.5 Å². The highest BCUT2D eigenvalue weighted by molar-refractivity contribution is 6.05. The van der Waals surface area contributed by atoms with Gasteiger partial charge in [0.15, 0.2) is 5.65 Å². The number of carbonyl (C=O) groups excluding carboxylic acids is 1. The number of nitrogens with zero attached hydrogens (tertiary/aromatic N) is 3. The predicted octanol–water partition coefficient (Wildman–Crippen LogP) is 1.35. The van der Waals surface area contributed by atoms with E-state index in [1.807, 2.05) is 20.8 Å². The van der Waals surface area contributed by atoms with Crippen LogP contribution in [0.3, 0.4) is 0 Å². The fourth-order valence-corrected chi connectivity index (χ4v) is 3.08. The van der Waals surface area contributed by atoms with Crippen molar-refractivity contribution in [3.05, 3.63) is 38.2 Å². The van der Waals surface area contributed by atoms with Crippen LogP contribution in [0.25, 0.3) is 11.0 Å². The Labute approximate surface area is 169 Å². The highest BCUT2D eigenvalue weighted by atomic mass is 16.5. The summed E-state index contributed by atoms with van der Waals surface area (Å²) in [5, 5.41) is 0.132. The molecule has 160 valence electrons. The second-order valence-corrected chi connectivity index (χ2v) is 7.14. The first-order chi connectivity index (χ1) is 13.8. The van der Waals surface area contributed by atoms with Crippen molar-refractivity contribution in [1.29, 1.82) is 0 Å². The summed E-state index contributed by atoms with van der Waals surface area (Å²) in [5.41, 5.74) is -0.00607. The molecule has 29 heavy (non-hydrogen) atoms. The number of rotatable bonds is 10. The average Bonchev–Trinajstić information content (AvgIpc) is 2.69. The lowest BCUT2D eigenvalue weighted by molar-refractivity contribution is 0.0629. The molecule has 0 radical (unpaired) electrons. The van der Waals surface area contributed by atoms with E-state index in [1.165, 1.54) is 4.57 Å². The number of H-pyrrole nitrogens is 1. The van der Waals surface area contributed by atoms with E-state index in [2.05, 4.69) is 9.97 Å². The summed E-state index contributed by atoms with van der Waals surface area (Å²) in [6.07, 6.45) is 0.686. The maximum Gasteiger partial charge on any atom is 0.329 e. The first-order valence-corrected chi connectivity index (χ1v) is 9.80. The van der Waals surface area contributed by atoms with Gasteiger partial charge in [0.25, 0.3) is 11.5 Å². The lowest BCUT2D eigenvalue weighted by Gasteiger charge is -2.23. The van der Waals surface area contributed by atoms with Gasteiger partial charge in [0.05, 0.1) is 24.2 Å². The molecule has 0 unspecified atom stereocenters. The molecule has 0 saturated carbocycles. The van der Waals surface area contributed by atoms with Crippen LogP contribution in [0.1, 0.15) is 49.2 Å². The zero-order valence-electron chi connectivity index (χ0n) is 17.8. The molecule has 2 heterocycles. The van der Waals surface area contributed by atoms with Gasteiger partial charge in [-0.3, -0.25) is 19.1 Å². The number of carbonyl (C=O) groups is 1. The summed E-state index contributed by atoms with van der Waals surface area (Å²) < 4.78 is 11.7. The number of amides is 1. The fraction of sp³-hybridized carbons (Fsp3) is 0.600. The summed E-state index contributed by atoms with van der Waals surface area (Å²) in [5.74, 6) is -0.303.